The molecule has 2 aromatic carbocycles. The highest BCUT2D eigenvalue weighted by molar-refractivity contribution is 7.65. The summed E-state index contributed by atoms with van der Waals surface area (Å²) in [5.41, 5.74) is 2.62. The zero-order valence-corrected chi connectivity index (χ0v) is 20.8. The third-order valence-electron chi connectivity index (χ3n) is 3.54. The molecule has 0 unspecified atom stereocenters. The molecule has 144 valence electrons. The summed E-state index contributed by atoms with van der Waals surface area (Å²) in [6.45, 7) is 0. The number of rotatable bonds is 8. The van der Waals surface area contributed by atoms with Crippen molar-refractivity contribution in [2.24, 2.45) is 0 Å². The topological polar surface area (TPSA) is 0 Å². The predicted molar refractivity (Wildman–Crippen MR) is 126 cm³/mol. The molecule has 0 N–H and O–H groups in total. The first kappa shape index (κ1) is 24.7. The minimum Gasteiger partial charge on any atom is -0.126 e. The maximum Gasteiger partial charge on any atom is 0.341 e. The van der Waals surface area contributed by atoms with Crippen LogP contribution in [0.4, 0.5) is 0 Å². The van der Waals surface area contributed by atoms with Crippen LogP contribution < -0.4 is 0 Å². The molecule has 0 heterocycles. The van der Waals surface area contributed by atoms with Crippen LogP contribution in [0.1, 0.15) is 24.0 Å². The van der Waals surface area contributed by atoms with Gasteiger partial charge in [0.05, 0.1) is 0 Å². The first-order valence-electron chi connectivity index (χ1n) is 8.37. The molecule has 2 aromatic rings. The highest BCUT2D eigenvalue weighted by Gasteiger charge is 2.24. The Hall–Kier alpha value is 0.614. The van der Waals surface area contributed by atoms with Gasteiger partial charge in [-0.1, -0.05) is 60.7 Å². The zero-order valence-electron chi connectivity index (χ0n) is 14.3. The molecule has 0 saturated heterocycles. The fraction of sp³-hybridized carbons (Fsp3) is 0.333. The van der Waals surface area contributed by atoms with E-state index in [1.807, 2.05) is 36.4 Å². The summed E-state index contributed by atoms with van der Waals surface area (Å²) < 4.78 is 0. The van der Waals surface area contributed by atoms with Crippen LogP contribution in [-0.2, 0) is 12.8 Å². The molecule has 0 fully saturated rings. The van der Waals surface area contributed by atoms with Crippen molar-refractivity contribution >= 4 is 78.5 Å². The summed E-state index contributed by atoms with van der Waals surface area (Å²) >= 11 is 34.6. The van der Waals surface area contributed by atoms with E-state index < -0.39 is 12.0 Å². The number of hydrogen-bond donors (Lipinski definition) is 0. The van der Waals surface area contributed by atoms with Crippen molar-refractivity contribution in [3.63, 3.8) is 0 Å². The van der Waals surface area contributed by atoms with E-state index in [-0.39, 0.29) is 0 Å². The van der Waals surface area contributed by atoms with Crippen LogP contribution in [0.2, 0.25) is 12.1 Å². The number of hydrogen-bond acceptors (Lipinski definition) is 0. The second kappa shape index (κ2) is 13.0. The van der Waals surface area contributed by atoms with E-state index in [1.165, 1.54) is 11.1 Å². The molecule has 0 atom stereocenters. The van der Waals surface area contributed by atoms with Crippen molar-refractivity contribution in [1.29, 1.82) is 0 Å². The van der Waals surface area contributed by atoms with Crippen LogP contribution in [-0.4, -0.2) is 12.0 Å². The van der Waals surface area contributed by atoms with Crippen LogP contribution in [0.15, 0.2) is 60.7 Å². The highest BCUT2D eigenvalue weighted by atomic mass is 35.8. The van der Waals surface area contributed by atoms with Crippen LogP contribution >= 0.6 is 66.5 Å². The first-order chi connectivity index (χ1) is 12.2. The summed E-state index contributed by atoms with van der Waals surface area (Å²) in [7, 11) is 0. The molecule has 0 bridgehead atoms. The fourth-order valence-corrected chi connectivity index (χ4v) is 5.84. The van der Waals surface area contributed by atoms with Crippen LogP contribution in [0.3, 0.4) is 0 Å². The molecule has 0 aliphatic carbocycles. The van der Waals surface area contributed by atoms with E-state index in [4.69, 9.17) is 66.5 Å². The van der Waals surface area contributed by atoms with Gasteiger partial charge < -0.3 is 0 Å². The summed E-state index contributed by atoms with van der Waals surface area (Å²) in [6.07, 6.45) is 3.93. The lowest BCUT2D eigenvalue weighted by Gasteiger charge is -2.06. The number of benzene rings is 2. The maximum absolute atomic E-state index is 5.77. The second-order valence-corrected chi connectivity index (χ2v) is 24.5. The minimum absolute atomic E-state index is 0.743. The molecule has 0 radical (unpaired) electrons. The van der Waals surface area contributed by atoms with Crippen molar-refractivity contribution < 1.29 is 0 Å². The molecule has 2 rings (SSSR count). The van der Waals surface area contributed by atoms with E-state index in [1.54, 1.807) is 0 Å². The van der Waals surface area contributed by atoms with Crippen molar-refractivity contribution in [2.45, 2.75) is 37.8 Å². The molecule has 0 aliphatic heterocycles. The fourth-order valence-electron chi connectivity index (χ4n) is 2.28. The molecule has 26 heavy (non-hydrogen) atoms. The third kappa shape index (κ3) is 14.6. The van der Waals surface area contributed by atoms with Gasteiger partial charge in [-0.3, -0.25) is 0 Å². The molecule has 0 saturated carbocycles. The smallest absolute Gasteiger partial charge is 0.126 e. The Kier molecular flexibility index (Phi) is 12.3. The van der Waals surface area contributed by atoms with E-state index in [0.717, 1.165) is 37.8 Å². The van der Waals surface area contributed by atoms with E-state index in [2.05, 4.69) is 24.3 Å². The van der Waals surface area contributed by atoms with Crippen molar-refractivity contribution in [3.8, 4) is 0 Å². The minimum atomic E-state index is -2.39. The van der Waals surface area contributed by atoms with Gasteiger partial charge in [0.15, 0.2) is 0 Å². The Balaban J connectivity index is 0.000000260. The monoisotopic (exact) mass is 504 g/mol. The highest BCUT2D eigenvalue weighted by Crippen LogP contribution is 2.27. The molecule has 0 spiro atoms. The van der Waals surface area contributed by atoms with Gasteiger partial charge in [-0.15, -0.1) is 66.5 Å². The Bertz CT molecular complexity index is 541. The summed E-state index contributed by atoms with van der Waals surface area (Å²) in [6, 6.07) is 17.2. The number of halogens is 6. The van der Waals surface area contributed by atoms with E-state index in [9.17, 15) is 0 Å². The van der Waals surface area contributed by atoms with Gasteiger partial charge in [-0.05, 0) is 48.9 Å². The van der Waals surface area contributed by atoms with Crippen LogP contribution in [0.25, 0.3) is 0 Å². The molecule has 8 heteroatoms. The van der Waals surface area contributed by atoms with Gasteiger partial charge >= 0.3 is 12.0 Å². The van der Waals surface area contributed by atoms with Crippen LogP contribution in [0.5, 0.6) is 0 Å². The molecule has 0 aliphatic rings. The summed E-state index contributed by atoms with van der Waals surface area (Å²) in [4.78, 5) is 0. The van der Waals surface area contributed by atoms with Crippen molar-refractivity contribution in [1.82, 2.24) is 0 Å². The van der Waals surface area contributed by atoms with Gasteiger partial charge in [-0.2, -0.15) is 0 Å². The second-order valence-electron chi connectivity index (χ2n) is 5.91. The lowest BCUT2D eigenvalue weighted by atomic mass is 10.1. The van der Waals surface area contributed by atoms with Gasteiger partial charge in [0.1, 0.15) is 0 Å². The lowest BCUT2D eigenvalue weighted by molar-refractivity contribution is 0.915. The van der Waals surface area contributed by atoms with Crippen LogP contribution in [0, 0.1) is 0 Å². The maximum atomic E-state index is 5.77. The molecule has 0 amide bonds. The molecule has 0 aromatic heterocycles. The largest absolute Gasteiger partial charge is 0.341 e. The van der Waals surface area contributed by atoms with Gasteiger partial charge in [-0.25, -0.2) is 0 Å². The SMILES string of the molecule is Cl[Si](Cl)(Cl)CCCc1ccccc1.Cl[Si](Cl)(Cl)CCCc1ccccc1. The standard InChI is InChI=1S/2C9H11Cl3Si/c2*10-13(11,12)8-4-7-9-5-2-1-3-6-9/h2*1-3,5-6H,4,7-8H2. The van der Waals surface area contributed by atoms with Crippen molar-refractivity contribution in [3.05, 3.63) is 71.8 Å². The average molecular weight is 507 g/mol. The molecular weight excluding hydrogens is 485 g/mol. The van der Waals surface area contributed by atoms with Gasteiger partial charge in [0, 0.05) is 0 Å². The number of aryl methyl sites for hydroxylation is 2. The van der Waals surface area contributed by atoms with Crippen molar-refractivity contribution in [2.75, 3.05) is 0 Å². The Morgan fingerprint density at radius 1 is 0.500 bits per heavy atom. The summed E-state index contributed by atoms with van der Waals surface area (Å²) in [5, 5.41) is 0. The normalized spacial score (nSPS) is 11.6. The van der Waals surface area contributed by atoms with E-state index in [0.29, 0.717) is 0 Å². The molecule has 0 nitrogen and oxygen atoms in total. The zero-order chi connectivity index (χ0) is 19.5. The lowest BCUT2D eigenvalue weighted by Crippen LogP contribution is -2.08. The quantitative estimate of drug-likeness (QED) is 0.248. The Morgan fingerprint density at radius 3 is 1.08 bits per heavy atom. The average Bonchev–Trinajstić information content (AvgIpc) is 2.55. The Labute approximate surface area is 186 Å². The van der Waals surface area contributed by atoms with Gasteiger partial charge in [0.2, 0.25) is 0 Å². The first-order valence-corrected chi connectivity index (χ1v) is 18.9. The summed E-state index contributed by atoms with van der Waals surface area (Å²) in [5.74, 6) is 0. The Morgan fingerprint density at radius 2 is 0.808 bits per heavy atom. The third-order valence-corrected chi connectivity index (χ3v) is 8.78. The predicted octanol–water partition coefficient (Wildman–Crippen LogP) is 8.55. The van der Waals surface area contributed by atoms with E-state index >= 15 is 0 Å². The molecular formula is C18H22Cl6Si2. The van der Waals surface area contributed by atoms with Gasteiger partial charge in [0.25, 0.3) is 0 Å².